The van der Waals surface area contributed by atoms with E-state index >= 15 is 0 Å². The van der Waals surface area contributed by atoms with Gasteiger partial charge < -0.3 is 20.1 Å². The zero-order valence-corrected chi connectivity index (χ0v) is 15.6. The number of ether oxygens (including phenoxy) is 2. The highest BCUT2D eigenvalue weighted by molar-refractivity contribution is 7.11. The van der Waals surface area contributed by atoms with E-state index in [9.17, 15) is 9.59 Å². The molecule has 25 heavy (non-hydrogen) atoms. The molecule has 0 saturated heterocycles. The summed E-state index contributed by atoms with van der Waals surface area (Å²) in [4.78, 5) is 26.4. The maximum Gasteiger partial charge on any atom is 0.253 e. The van der Waals surface area contributed by atoms with Crippen LogP contribution >= 0.6 is 11.3 Å². The van der Waals surface area contributed by atoms with Crippen LogP contribution in [0.5, 0.6) is 11.5 Å². The molecule has 2 amide bonds. The fourth-order valence-electron chi connectivity index (χ4n) is 2.33. The van der Waals surface area contributed by atoms with Gasteiger partial charge in [-0.3, -0.25) is 9.59 Å². The Bertz CT molecular complexity index is 770. The van der Waals surface area contributed by atoms with Crippen LogP contribution in [0.4, 0.5) is 5.69 Å². The minimum Gasteiger partial charge on any atom is -0.493 e. The maximum atomic E-state index is 12.6. The van der Waals surface area contributed by atoms with Crippen molar-refractivity contribution in [3.8, 4) is 11.5 Å². The molecule has 7 heteroatoms. The molecule has 0 aliphatic rings. The Labute approximate surface area is 151 Å². The Hall–Kier alpha value is -2.54. The van der Waals surface area contributed by atoms with E-state index in [1.165, 1.54) is 26.0 Å². The number of hydrogen-bond acceptors (Lipinski definition) is 5. The highest BCUT2D eigenvalue weighted by Gasteiger charge is 2.18. The van der Waals surface area contributed by atoms with Crippen LogP contribution in [0, 0.1) is 0 Å². The molecule has 0 bridgehead atoms. The standard InChI is InChI=1S/C18H22N2O4S/c1-5-12-6-7-13(25-12)10-19-18(22)14-8-16(23-3)17(24-4)9-15(14)20-11(2)21/h6-9H,5,10H2,1-4H3,(H,19,22)(H,20,21). The molecule has 0 atom stereocenters. The number of benzene rings is 1. The van der Waals surface area contributed by atoms with Crippen molar-refractivity contribution in [2.75, 3.05) is 19.5 Å². The Morgan fingerprint density at radius 2 is 1.72 bits per heavy atom. The summed E-state index contributed by atoms with van der Waals surface area (Å²) < 4.78 is 10.5. The second-order valence-corrected chi connectivity index (χ2v) is 6.59. The predicted molar refractivity (Wildman–Crippen MR) is 98.7 cm³/mol. The Morgan fingerprint density at radius 3 is 2.28 bits per heavy atom. The zero-order valence-electron chi connectivity index (χ0n) is 14.8. The van der Waals surface area contributed by atoms with E-state index in [0.717, 1.165) is 11.3 Å². The van der Waals surface area contributed by atoms with E-state index in [-0.39, 0.29) is 11.8 Å². The molecular formula is C18H22N2O4S. The van der Waals surface area contributed by atoms with Crippen molar-refractivity contribution in [1.29, 1.82) is 0 Å². The minimum absolute atomic E-state index is 0.271. The third-order valence-corrected chi connectivity index (χ3v) is 4.80. The summed E-state index contributed by atoms with van der Waals surface area (Å²) in [6.07, 6.45) is 0.973. The lowest BCUT2D eigenvalue weighted by Gasteiger charge is -2.15. The van der Waals surface area contributed by atoms with Gasteiger partial charge in [-0.1, -0.05) is 6.92 Å². The summed E-state index contributed by atoms with van der Waals surface area (Å²) in [6.45, 7) is 3.91. The number of amides is 2. The molecular weight excluding hydrogens is 340 g/mol. The summed E-state index contributed by atoms with van der Waals surface area (Å²) in [5.41, 5.74) is 0.697. The number of anilines is 1. The van der Waals surface area contributed by atoms with Gasteiger partial charge in [0, 0.05) is 22.7 Å². The lowest BCUT2D eigenvalue weighted by Crippen LogP contribution is -2.24. The van der Waals surface area contributed by atoms with Crippen molar-refractivity contribution >= 4 is 28.8 Å². The molecule has 2 aromatic rings. The van der Waals surface area contributed by atoms with E-state index < -0.39 is 0 Å². The smallest absolute Gasteiger partial charge is 0.253 e. The molecule has 1 aromatic carbocycles. The first-order valence-electron chi connectivity index (χ1n) is 7.87. The molecule has 2 N–H and O–H groups in total. The first-order chi connectivity index (χ1) is 12.0. The van der Waals surface area contributed by atoms with Crippen LogP contribution in [0.2, 0.25) is 0 Å². The van der Waals surface area contributed by atoms with Gasteiger partial charge in [0.1, 0.15) is 0 Å². The molecule has 1 heterocycles. The van der Waals surface area contributed by atoms with Crippen molar-refractivity contribution in [3.05, 3.63) is 39.6 Å². The van der Waals surface area contributed by atoms with E-state index in [2.05, 4.69) is 23.6 Å². The molecule has 0 unspecified atom stereocenters. The van der Waals surface area contributed by atoms with Gasteiger partial charge in [0.2, 0.25) is 5.91 Å². The maximum absolute atomic E-state index is 12.6. The lowest BCUT2D eigenvalue weighted by atomic mass is 10.1. The first-order valence-corrected chi connectivity index (χ1v) is 8.69. The number of aryl methyl sites for hydroxylation is 1. The van der Waals surface area contributed by atoms with Crippen LogP contribution in [-0.4, -0.2) is 26.0 Å². The van der Waals surface area contributed by atoms with Crippen molar-refractivity contribution in [3.63, 3.8) is 0 Å². The lowest BCUT2D eigenvalue weighted by molar-refractivity contribution is -0.114. The third-order valence-electron chi connectivity index (χ3n) is 3.57. The summed E-state index contributed by atoms with van der Waals surface area (Å²) in [5, 5.41) is 5.54. The molecule has 134 valence electrons. The van der Waals surface area contributed by atoms with E-state index in [1.807, 2.05) is 6.07 Å². The Balaban J connectivity index is 2.24. The average Bonchev–Trinajstić information content (AvgIpc) is 3.06. The number of methoxy groups -OCH3 is 2. The number of rotatable bonds is 7. The van der Waals surface area contributed by atoms with Gasteiger partial charge in [-0.15, -0.1) is 11.3 Å². The van der Waals surface area contributed by atoms with Crippen LogP contribution in [0.15, 0.2) is 24.3 Å². The summed E-state index contributed by atoms with van der Waals surface area (Å²) in [7, 11) is 2.99. The van der Waals surface area contributed by atoms with Crippen molar-refractivity contribution in [1.82, 2.24) is 5.32 Å². The molecule has 0 radical (unpaired) electrons. The van der Waals surface area contributed by atoms with Crippen molar-refractivity contribution < 1.29 is 19.1 Å². The molecule has 0 aliphatic heterocycles. The average molecular weight is 362 g/mol. The molecule has 1 aromatic heterocycles. The molecule has 0 spiro atoms. The van der Waals surface area contributed by atoms with Crippen LogP contribution in [0.1, 0.15) is 34.0 Å². The number of thiophene rings is 1. The summed E-state index contributed by atoms with van der Waals surface area (Å²) >= 11 is 1.67. The second kappa shape index (κ2) is 8.53. The van der Waals surface area contributed by atoms with Crippen LogP contribution in [-0.2, 0) is 17.8 Å². The number of hydrogen-bond donors (Lipinski definition) is 2. The van der Waals surface area contributed by atoms with Crippen molar-refractivity contribution in [2.24, 2.45) is 0 Å². The number of carbonyl (C=O) groups excluding carboxylic acids is 2. The highest BCUT2D eigenvalue weighted by atomic mass is 32.1. The van der Waals surface area contributed by atoms with Crippen LogP contribution in [0.3, 0.4) is 0 Å². The third kappa shape index (κ3) is 4.73. The van der Waals surface area contributed by atoms with Crippen LogP contribution in [0.25, 0.3) is 0 Å². The highest BCUT2D eigenvalue weighted by Crippen LogP contribution is 2.33. The molecule has 6 nitrogen and oxygen atoms in total. The van der Waals surface area contributed by atoms with Gasteiger partial charge >= 0.3 is 0 Å². The summed E-state index contributed by atoms with van der Waals surface area (Å²) in [6, 6.07) is 7.21. The molecule has 0 saturated carbocycles. The number of carbonyl (C=O) groups is 2. The second-order valence-electron chi connectivity index (χ2n) is 5.34. The zero-order chi connectivity index (χ0) is 18.4. The monoisotopic (exact) mass is 362 g/mol. The quantitative estimate of drug-likeness (QED) is 0.793. The van der Waals surface area contributed by atoms with Gasteiger partial charge in [0.15, 0.2) is 11.5 Å². The van der Waals surface area contributed by atoms with Crippen LogP contribution < -0.4 is 20.1 Å². The van der Waals surface area contributed by atoms with E-state index in [4.69, 9.17) is 9.47 Å². The van der Waals surface area contributed by atoms with Gasteiger partial charge in [-0.2, -0.15) is 0 Å². The van der Waals surface area contributed by atoms with Gasteiger partial charge in [0.25, 0.3) is 5.91 Å². The Morgan fingerprint density at radius 1 is 1.08 bits per heavy atom. The van der Waals surface area contributed by atoms with E-state index in [1.54, 1.807) is 23.5 Å². The molecule has 2 rings (SSSR count). The predicted octanol–water partition coefficient (Wildman–Crippen LogP) is 3.22. The fourth-order valence-corrected chi connectivity index (χ4v) is 3.23. The Kier molecular flexibility index (Phi) is 6.41. The normalized spacial score (nSPS) is 10.2. The topological polar surface area (TPSA) is 76.7 Å². The minimum atomic E-state index is -0.295. The fraction of sp³-hybridized carbons (Fsp3) is 0.333. The number of nitrogens with one attached hydrogen (secondary N) is 2. The van der Waals surface area contributed by atoms with Crippen molar-refractivity contribution in [2.45, 2.75) is 26.8 Å². The van der Waals surface area contributed by atoms with Gasteiger partial charge in [0.05, 0.1) is 32.0 Å². The molecule has 0 aliphatic carbocycles. The first kappa shape index (κ1) is 18.8. The summed E-state index contributed by atoms with van der Waals surface area (Å²) in [5.74, 6) is 0.294. The SMILES string of the molecule is CCc1ccc(CNC(=O)c2cc(OC)c(OC)cc2NC(C)=O)s1. The van der Waals surface area contributed by atoms with E-state index in [0.29, 0.717) is 29.3 Å². The largest absolute Gasteiger partial charge is 0.493 e. The molecule has 0 fully saturated rings. The van der Waals surface area contributed by atoms with Gasteiger partial charge in [-0.25, -0.2) is 0 Å². The van der Waals surface area contributed by atoms with Gasteiger partial charge in [-0.05, 0) is 24.6 Å².